The van der Waals surface area contributed by atoms with Crippen LogP contribution in [0.4, 0.5) is 0 Å². The average molecular weight is 323 g/mol. The van der Waals surface area contributed by atoms with E-state index < -0.39 is 11.6 Å². The van der Waals surface area contributed by atoms with Crippen LogP contribution < -0.4 is 0 Å². The molecular formula is C12H10Cl3NO3. The summed E-state index contributed by atoms with van der Waals surface area (Å²) in [7, 11) is 0. The van der Waals surface area contributed by atoms with Crippen LogP contribution >= 0.6 is 34.8 Å². The molecule has 0 N–H and O–H groups in total. The van der Waals surface area contributed by atoms with E-state index in [9.17, 15) is 9.59 Å². The second-order valence-electron chi connectivity index (χ2n) is 3.98. The molecule has 4 nitrogen and oxygen atoms in total. The van der Waals surface area contributed by atoms with E-state index in [1.54, 1.807) is 6.20 Å². The van der Waals surface area contributed by atoms with Crippen molar-refractivity contribution >= 4 is 46.4 Å². The molecule has 0 radical (unpaired) electrons. The minimum atomic E-state index is -0.630. The van der Waals surface area contributed by atoms with Gasteiger partial charge in [-0.05, 0) is 12.3 Å². The lowest BCUT2D eigenvalue weighted by atomic mass is 10.0. The van der Waals surface area contributed by atoms with Crippen molar-refractivity contribution < 1.29 is 14.3 Å². The van der Waals surface area contributed by atoms with Crippen molar-refractivity contribution in [2.75, 3.05) is 26.3 Å². The molecule has 1 saturated heterocycles. The number of hydrogen-bond acceptors (Lipinski definition) is 4. The van der Waals surface area contributed by atoms with Gasteiger partial charge in [0.25, 0.3) is 0 Å². The lowest BCUT2D eigenvalue weighted by Crippen LogP contribution is -2.32. The molecule has 0 unspecified atom stereocenters. The highest BCUT2D eigenvalue weighted by Gasteiger charge is 2.31. The molecule has 0 aromatic carbocycles. The van der Waals surface area contributed by atoms with E-state index in [4.69, 9.17) is 39.5 Å². The van der Waals surface area contributed by atoms with Crippen molar-refractivity contribution in [3.8, 4) is 0 Å². The lowest BCUT2D eigenvalue weighted by Gasteiger charge is -2.25. The minimum absolute atomic E-state index is 0.0626. The number of morpholine rings is 1. The zero-order valence-electron chi connectivity index (χ0n) is 9.79. The van der Waals surface area contributed by atoms with Crippen LogP contribution in [0.3, 0.4) is 0 Å². The first kappa shape index (κ1) is 14.6. The zero-order valence-corrected chi connectivity index (χ0v) is 12.1. The molecule has 2 rings (SSSR count). The monoisotopic (exact) mass is 321 g/mol. The normalized spacial score (nSPS) is 21.9. The Balaban J connectivity index is 2.21. The summed E-state index contributed by atoms with van der Waals surface area (Å²) >= 11 is 17.2. The molecule has 0 aromatic rings. The maximum absolute atomic E-state index is 11.9. The van der Waals surface area contributed by atoms with E-state index in [0.29, 0.717) is 26.3 Å². The second-order valence-corrected chi connectivity index (χ2v) is 5.11. The topological polar surface area (TPSA) is 46.6 Å². The SMILES string of the molecule is O=C1C(Cl)=C(Cl)C(=O)C(C=CN2CCOCC2)=C1Cl. The highest BCUT2D eigenvalue weighted by molar-refractivity contribution is 6.64. The van der Waals surface area contributed by atoms with Gasteiger partial charge in [-0.3, -0.25) is 9.59 Å². The molecular weight excluding hydrogens is 312 g/mol. The van der Waals surface area contributed by atoms with E-state index in [1.165, 1.54) is 6.08 Å². The number of allylic oxidation sites excluding steroid dienone is 5. The van der Waals surface area contributed by atoms with Crippen molar-refractivity contribution in [1.29, 1.82) is 0 Å². The molecule has 1 aliphatic heterocycles. The smallest absolute Gasteiger partial charge is 0.218 e. The summed E-state index contributed by atoms with van der Waals surface area (Å²) in [5.74, 6) is -1.17. The number of nitrogens with zero attached hydrogens (tertiary/aromatic N) is 1. The Morgan fingerprint density at radius 2 is 1.53 bits per heavy atom. The maximum atomic E-state index is 11.9. The lowest BCUT2D eigenvalue weighted by molar-refractivity contribution is -0.115. The Kier molecular flexibility index (Phi) is 4.68. The number of rotatable bonds is 2. The Bertz CT molecular complexity index is 516. The highest BCUT2D eigenvalue weighted by atomic mass is 35.5. The summed E-state index contributed by atoms with van der Waals surface area (Å²) in [6.07, 6.45) is 3.19. The molecule has 102 valence electrons. The van der Waals surface area contributed by atoms with Crippen LogP contribution in [0.25, 0.3) is 0 Å². The first-order valence-electron chi connectivity index (χ1n) is 5.57. The van der Waals surface area contributed by atoms with Crippen molar-refractivity contribution in [2.24, 2.45) is 0 Å². The van der Waals surface area contributed by atoms with Crippen LogP contribution in [0.2, 0.25) is 0 Å². The van der Waals surface area contributed by atoms with Crippen LogP contribution in [0, 0.1) is 0 Å². The predicted octanol–water partition coefficient (Wildman–Crippen LogP) is 2.17. The van der Waals surface area contributed by atoms with Crippen LogP contribution in [0.15, 0.2) is 32.9 Å². The Morgan fingerprint density at radius 1 is 0.947 bits per heavy atom. The van der Waals surface area contributed by atoms with E-state index >= 15 is 0 Å². The van der Waals surface area contributed by atoms with E-state index in [1.807, 2.05) is 4.90 Å². The molecule has 0 saturated carbocycles. The van der Waals surface area contributed by atoms with Crippen molar-refractivity contribution in [1.82, 2.24) is 4.90 Å². The summed E-state index contributed by atoms with van der Waals surface area (Å²) in [4.78, 5) is 25.5. The molecule has 0 spiro atoms. The first-order chi connectivity index (χ1) is 9.02. The molecule has 19 heavy (non-hydrogen) atoms. The van der Waals surface area contributed by atoms with Gasteiger partial charge in [0.1, 0.15) is 15.1 Å². The van der Waals surface area contributed by atoms with Crippen molar-refractivity contribution in [3.63, 3.8) is 0 Å². The fraction of sp³-hybridized carbons (Fsp3) is 0.333. The molecule has 0 amide bonds. The number of halogens is 3. The van der Waals surface area contributed by atoms with Crippen molar-refractivity contribution in [2.45, 2.75) is 0 Å². The summed E-state index contributed by atoms with van der Waals surface area (Å²) < 4.78 is 5.20. The summed E-state index contributed by atoms with van der Waals surface area (Å²) in [5.41, 5.74) is 0.0626. The maximum Gasteiger partial charge on any atom is 0.218 e. The Morgan fingerprint density at radius 3 is 2.16 bits per heavy atom. The fourth-order valence-corrected chi connectivity index (χ4v) is 2.35. The van der Waals surface area contributed by atoms with Crippen molar-refractivity contribution in [3.05, 3.63) is 32.9 Å². The summed E-state index contributed by atoms with van der Waals surface area (Å²) in [5, 5.41) is -0.832. The molecule has 0 atom stereocenters. The van der Waals surface area contributed by atoms with Gasteiger partial charge in [0, 0.05) is 18.7 Å². The van der Waals surface area contributed by atoms with Crippen LogP contribution in [-0.4, -0.2) is 42.8 Å². The zero-order chi connectivity index (χ0) is 14.0. The van der Waals surface area contributed by atoms with Crippen LogP contribution in [-0.2, 0) is 14.3 Å². The highest BCUT2D eigenvalue weighted by Crippen LogP contribution is 2.31. The van der Waals surface area contributed by atoms with Crippen LogP contribution in [0.1, 0.15) is 0 Å². The number of ketones is 2. The molecule has 2 aliphatic rings. The summed E-state index contributed by atoms with van der Waals surface area (Å²) in [6.45, 7) is 2.68. The van der Waals surface area contributed by atoms with Gasteiger partial charge in [0.15, 0.2) is 0 Å². The quantitative estimate of drug-likeness (QED) is 0.731. The number of Topliss-reactive ketones (excluding diaryl/α,β-unsaturated/α-hetero) is 2. The van der Waals surface area contributed by atoms with Gasteiger partial charge in [-0.15, -0.1) is 0 Å². The number of carbonyl (C=O) groups is 2. The predicted molar refractivity (Wildman–Crippen MR) is 73.2 cm³/mol. The average Bonchev–Trinajstić information content (AvgIpc) is 2.44. The van der Waals surface area contributed by atoms with Gasteiger partial charge in [-0.1, -0.05) is 34.8 Å². The van der Waals surface area contributed by atoms with Gasteiger partial charge in [-0.2, -0.15) is 0 Å². The largest absolute Gasteiger partial charge is 0.378 e. The molecule has 0 bridgehead atoms. The second kappa shape index (κ2) is 6.09. The van der Waals surface area contributed by atoms with Crippen LogP contribution in [0.5, 0.6) is 0 Å². The third-order valence-electron chi connectivity index (χ3n) is 2.77. The van der Waals surface area contributed by atoms with Gasteiger partial charge < -0.3 is 9.64 Å². The first-order valence-corrected chi connectivity index (χ1v) is 6.70. The Hall–Kier alpha value is -0.810. The van der Waals surface area contributed by atoms with Gasteiger partial charge >= 0.3 is 0 Å². The molecule has 1 heterocycles. The van der Waals surface area contributed by atoms with Gasteiger partial charge in [0.2, 0.25) is 11.6 Å². The van der Waals surface area contributed by atoms with E-state index in [0.717, 1.165) is 0 Å². The molecule has 7 heteroatoms. The van der Waals surface area contributed by atoms with E-state index in [2.05, 4.69) is 0 Å². The minimum Gasteiger partial charge on any atom is -0.378 e. The molecule has 1 aliphatic carbocycles. The van der Waals surface area contributed by atoms with E-state index in [-0.39, 0.29) is 20.7 Å². The molecule has 0 aromatic heterocycles. The van der Waals surface area contributed by atoms with Gasteiger partial charge in [-0.25, -0.2) is 0 Å². The standard InChI is InChI=1S/C12H10Cl3NO3/c13-8-7(1-2-16-3-5-19-6-4-16)11(17)9(14)10(15)12(8)18/h1-2H,3-6H2. The third kappa shape index (κ3) is 3.03. The van der Waals surface area contributed by atoms with Gasteiger partial charge in [0.05, 0.1) is 13.2 Å². The third-order valence-corrected chi connectivity index (χ3v) is 3.96. The fourth-order valence-electron chi connectivity index (χ4n) is 1.69. The summed E-state index contributed by atoms with van der Waals surface area (Å²) in [6, 6.07) is 0. The number of carbonyl (C=O) groups excluding carboxylic acids is 2. The number of hydrogen-bond donors (Lipinski definition) is 0. The Labute approximate surface area is 125 Å². The number of ether oxygens (including phenoxy) is 1. The molecule has 1 fully saturated rings.